The molecule has 3 aromatic rings. The number of hydrogen-bond donors (Lipinski definition) is 0. The molecular weight excluding hydrogens is 500 g/mol. The quantitative estimate of drug-likeness (QED) is 0.149. The summed E-state index contributed by atoms with van der Waals surface area (Å²) in [6.07, 6.45) is 5.34. The van der Waals surface area contributed by atoms with Gasteiger partial charge in [0.1, 0.15) is 19.0 Å². The Morgan fingerprint density at radius 1 is 0.795 bits per heavy atom. The summed E-state index contributed by atoms with van der Waals surface area (Å²) in [5.41, 5.74) is 2.31. The maximum absolute atomic E-state index is 11.3. The van der Waals surface area contributed by atoms with Crippen molar-refractivity contribution in [2.75, 3.05) is 24.1 Å². The fourth-order valence-electron chi connectivity index (χ4n) is 2.99. The van der Waals surface area contributed by atoms with Gasteiger partial charge < -0.3 is 9.47 Å². The molecular formula is C27H28N8O4. The minimum absolute atomic E-state index is 0.0340. The van der Waals surface area contributed by atoms with Crippen LogP contribution in [0.3, 0.4) is 0 Å². The summed E-state index contributed by atoms with van der Waals surface area (Å²) in [7, 11) is 3.49. The first-order valence-corrected chi connectivity index (χ1v) is 11.7. The zero-order chi connectivity index (χ0) is 28.2. The highest BCUT2D eigenvalue weighted by Gasteiger charge is 2.09. The van der Waals surface area contributed by atoms with E-state index in [9.17, 15) is 9.59 Å². The van der Waals surface area contributed by atoms with Crippen molar-refractivity contribution in [3.63, 3.8) is 0 Å². The molecule has 3 heterocycles. The van der Waals surface area contributed by atoms with E-state index in [1.54, 1.807) is 85.9 Å². The molecule has 200 valence electrons. The molecule has 0 aliphatic carbocycles. The molecule has 12 heteroatoms. The molecule has 0 N–H and O–H groups in total. The van der Waals surface area contributed by atoms with Crippen LogP contribution in [0.5, 0.6) is 0 Å². The highest BCUT2D eigenvalue weighted by molar-refractivity contribution is 5.81. The number of ether oxygens (including phenoxy) is 2. The number of hydrazone groups is 2. The van der Waals surface area contributed by atoms with E-state index in [0.717, 1.165) is 12.2 Å². The number of aromatic nitrogens is 4. The molecule has 3 aromatic heterocycles. The molecule has 0 aliphatic heterocycles. The number of nitrogens with zero attached hydrogens (tertiary/aromatic N) is 8. The first-order valence-electron chi connectivity index (χ1n) is 11.7. The summed E-state index contributed by atoms with van der Waals surface area (Å²) >= 11 is 0. The average Bonchev–Trinajstić information content (AvgIpc) is 2.96. The molecule has 0 aromatic carbocycles. The third-order valence-electron chi connectivity index (χ3n) is 4.92. The molecule has 0 amide bonds. The van der Waals surface area contributed by atoms with Crippen LogP contribution in [0.25, 0.3) is 0 Å². The van der Waals surface area contributed by atoms with Crippen LogP contribution >= 0.6 is 0 Å². The van der Waals surface area contributed by atoms with E-state index < -0.39 is 11.9 Å². The van der Waals surface area contributed by atoms with Crippen LogP contribution in [0.2, 0.25) is 0 Å². The number of hydrogen-bond acceptors (Lipinski definition) is 12. The summed E-state index contributed by atoms with van der Waals surface area (Å²) in [5.74, 6) is 0.569. The fourth-order valence-corrected chi connectivity index (χ4v) is 2.99. The zero-order valence-corrected chi connectivity index (χ0v) is 21.9. The number of pyridine rings is 2. The fraction of sp³-hybridized carbons (Fsp3) is 0.185. The largest absolute Gasteiger partial charge is 0.456 e. The Morgan fingerprint density at radius 2 is 1.23 bits per heavy atom. The molecule has 0 spiro atoms. The maximum Gasteiger partial charge on any atom is 0.330 e. The van der Waals surface area contributed by atoms with Crippen LogP contribution in [-0.2, 0) is 32.3 Å². The molecule has 0 unspecified atom stereocenters. The van der Waals surface area contributed by atoms with Crippen LogP contribution in [0.1, 0.15) is 28.6 Å². The molecule has 0 bridgehead atoms. The lowest BCUT2D eigenvalue weighted by Crippen LogP contribution is -2.16. The molecule has 0 aliphatic rings. The van der Waals surface area contributed by atoms with Crippen LogP contribution in [0, 0.1) is 6.92 Å². The van der Waals surface area contributed by atoms with Crippen molar-refractivity contribution in [3.05, 3.63) is 96.4 Å². The second-order valence-electron chi connectivity index (χ2n) is 7.90. The zero-order valence-electron chi connectivity index (χ0n) is 21.9. The van der Waals surface area contributed by atoms with Gasteiger partial charge in [-0.2, -0.15) is 10.2 Å². The van der Waals surface area contributed by atoms with Crippen LogP contribution < -0.4 is 10.0 Å². The summed E-state index contributed by atoms with van der Waals surface area (Å²) in [5, 5.41) is 12.0. The molecule has 0 saturated heterocycles. The van der Waals surface area contributed by atoms with Gasteiger partial charge in [-0.15, -0.1) is 0 Å². The predicted octanol–water partition coefficient (Wildman–Crippen LogP) is 2.97. The van der Waals surface area contributed by atoms with Crippen molar-refractivity contribution < 1.29 is 19.1 Å². The summed E-state index contributed by atoms with van der Waals surface area (Å²) in [6.45, 7) is 8.58. The van der Waals surface area contributed by atoms with Gasteiger partial charge in [0.2, 0.25) is 0 Å². The molecule has 0 fully saturated rings. The van der Waals surface area contributed by atoms with Crippen molar-refractivity contribution in [3.8, 4) is 0 Å². The van der Waals surface area contributed by atoms with Crippen LogP contribution in [0.4, 0.5) is 11.6 Å². The lowest BCUT2D eigenvalue weighted by atomic mass is 10.3. The van der Waals surface area contributed by atoms with Gasteiger partial charge in [0.25, 0.3) is 0 Å². The lowest BCUT2D eigenvalue weighted by molar-refractivity contribution is -0.139. The molecule has 39 heavy (non-hydrogen) atoms. The Morgan fingerprint density at radius 3 is 1.64 bits per heavy atom. The number of aryl methyl sites for hydroxylation is 1. The summed E-state index contributed by atoms with van der Waals surface area (Å²) in [6, 6.07) is 12.4. The van der Waals surface area contributed by atoms with Gasteiger partial charge in [0.15, 0.2) is 11.6 Å². The maximum atomic E-state index is 11.3. The molecule has 0 radical (unpaired) electrons. The second kappa shape index (κ2) is 13.9. The standard InChI is InChI=1S/C27H28N8O4/c1-6-26(36)38-17-22-12-8-10-20(32-22)15-28-34(4)24-14-25(31-19(3)30-24)35(5)29-16-21-11-9-13-23(33-21)18-39-27(37)7-2/h6-16H,1-2,17-18H2,3-5H3/b28-15+,29-16+. The SMILES string of the molecule is C=CC(=O)OCc1cccc(/C=N/N(C)c2cc(N(C)/N=C/c3cccc(COC(=O)C=C)n3)nc(C)n2)n1. The average molecular weight is 529 g/mol. The third kappa shape index (κ3) is 8.97. The van der Waals surface area contributed by atoms with Crippen molar-refractivity contribution in [1.29, 1.82) is 0 Å². The third-order valence-corrected chi connectivity index (χ3v) is 4.92. The second-order valence-corrected chi connectivity index (χ2v) is 7.90. The summed E-state index contributed by atoms with van der Waals surface area (Å²) < 4.78 is 10.0. The number of rotatable bonds is 12. The van der Waals surface area contributed by atoms with E-state index in [1.165, 1.54) is 0 Å². The first-order chi connectivity index (χ1) is 18.8. The van der Waals surface area contributed by atoms with E-state index >= 15 is 0 Å². The Kier molecular flexibility index (Phi) is 10.1. The van der Waals surface area contributed by atoms with Gasteiger partial charge in [-0.1, -0.05) is 25.3 Å². The van der Waals surface area contributed by atoms with Crippen molar-refractivity contribution >= 4 is 36.0 Å². The van der Waals surface area contributed by atoms with Crippen molar-refractivity contribution in [2.24, 2.45) is 10.2 Å². The minimum atomic E-state index is -0.517. The van der Waals surface area contributed by atoms with Gasteiger partial charge in [-0.05, 0) is 31.2 Å². The summed E-state index contributed by atoms with van der Waals surface area (Å²) in [4.78, 5) is 40.3. The van der Waals surface area contributed by atoms with Gasteiger partial charge >= 0.3 is 11.9 Å². The Balaban J connectivity index is 1.68. The van der Waals surface area contributed by atoms with Gasteiger partial charge in [0, 0.05) is 32.3 Å². The molecule has 12 nitrogen and oxygen atoms in total. The highest BCUT2D eigenvalue weighted by atomic mass is 16.5. The van der Waals surface area contributed by atoms with Crippen molar-refractivity contribution in [1.82, 2.24) is 19.9 Å². The van der Waals surface area contributed by atoms with E-state index in [-0.39, 0.29) is 13.2 Å². The number of esters is 2. The van der Waals surface area contributed by atoms with Crippen LogP contribution in [-0.4, -0.2) is 58.4 Å². The molecule has 3 rings (SSSR count). The van der Waals surface area contributed by atoms with Gasteiger partial charge in [0.05, 0.1) is 35.2 Å². The smallest absolute Gasteiger partial charge is 0.330 e. The van der Waals surface area contributed by atoms with Gasteiger partial charge in [-0.25, -0.2) is 29.5 Å². The van der Waals surface area contributed by atoms with E-state index in [4.69, 9.17) is 9.47 Å². The lowest BCUT2D eigenvalue weighted by Gasteiger charge is -2.17. The number of carbonyl (C=O) groups is 2. The molecule has 0 saturated carbocycles. The van der Waals surface area contributed by atoms with Crippen LogP contribution in [0.15, 0.2) is 78.0 Å². The Bertz CT molecular complexity index is 1300. The predicted molar refractivity (Wildman–Crippen MR) is 147 cm³/mol. The topological polar surface area (TPSA) is 135 Å². The van der Waals surface area contributed by atoms with E-state index in [0.29, 0.717) is 40.2 Å². The van der Waals surface area contributed by atoms with E-state index in [2.05, 4.69) is 43.3 Å². The molecule has 0 atom stereocenters. The van der Waals surface area contributed by atoms with E-state index in [1.807, 2.05) is 0 Å². The highest BCUT2D eigenvalue weighted by Crippen LogP contribution is 2.18. The number of anilines is 2. The minimum Gasteiger partial charge on any atom is -0.456 e. The normalized spacial score (nSPS) is 10.8. The first kappa shape index (κ1) is 28.3. The Hall–Kier alpha value is -5.26. The van der Waals surface area contributed by atoms with Crippen molar-refractivity contribution in [2.45, 2.75) is 20.1 Å². The van der Waals surface area contributed by atoms with Gasteiger partial charge in [-0.3, -0.25) is 10.0 Å². The Labute approximate surface area is 226 Å². The number of carbonyl (C=O) groups excluding carboxylic acids is 2. The monoisotopic (exact) mass is 528 g/mol.